The first kappa shape index (κ1) is 21.6. The van der Waals surface area contributed by atoms with Gasteiger partial charge in [0.05, 0.1) is 18.8 Å². The summed E-state index contributed by atoms with van der Waals surface area (Å²) >= 11 is 3.57. The number of benzene rings is 1. The normalized spacial score (nSPS) is 15.5. The van der Waals surface area contributed by atoms with Gasteiger partial charge in [0, 0.05) is 27.5 Å². The lowest BCUT2D eigenvalue weighted by molar-refractivity contribution is -0.0379. The highest BCUT2D eigenvalue weighted by molar-refractivity contribution is 8.00. The van der Waals surface area contributed by atoms with Crippen LogP contribution in [0.15, 0.2) is 29.3 Å². The number of hydrogen-bond acceptors (Lipinski definition) is 6. The molecule has 0 saturated heterocycles. The van der Waals surface area contributed by atoms with Gasteiger partial charge in [-0.3, -0.25) is 0 Å². The highest BCUT2D eigenvalue weighted by Crippen LogP contribution is 2.43. The molecule has 160 valence electrons. The predicted molar refractivity (Wildman–Crippen MR) is 127 cm³/mol. The summed E-state index contributed by atoms with van der Waals surface area (Å²) < 4.78 is 11.9. The van der Waals surface area contributed by atoms with Gasteiger partial charge in [0.25, 0.3) is 0 Å². The molecule has 1 aliphatic heterocycles. The third-order valence-corrected chi connectivity index (χ3v) is 7.21. The van der Waals surface area contributed by atoms with E-state index in [-0.39, 0.29) is 5.60 Å². The summed E-state index contributed by atoms with van der Waals surface area (Å²) in [5.41, 5.74) is 2.25. The van der Waals surface area contributed by atoms with Crippen molar-refractivity contribution in [2.75, 3.05) is 6.61 Å². The Hall–Kier alpha value is -1.63. The third kappa shape index (κ3) is 4.66. The molecule has 6 heteroatoms. The largest absolute Gasteiger partial charge is 0.494 e. The van der Waals surface area contributed by atoms with Crippen LogP contribution < -0.4 is 4.74 Å². The Morgan fingerprint density at radius 3 is 2.67 bits per heavy atom. The molecule has 0 N–H and O–H groups in total. The van der Waals surface area contributed by atoms with E-state index in [1.165, 1.54) is 15.8 Å². The molecular formula is C24H30N2O2S2. The van der Waals surface area contributed by atoms with E-state index in [2.05, 4.69) is 46.8 Å². The molecule has 1 aromatic carbocycles. The average Bonchev–Trinajstić information content (AvgIpc) is 3.05. The van der Waals surface area contributed by atoms with Gasteiger partial charge in [-0.05, 0) is 50.1 Å². The van der Waals surface area contributed by atoms with Crippen molar-refractivity contribution in [2.24, 2.45) is 0 Å². The lowest BCUT2D eigenvalue weighted by Crippen LogP contribution is -2.31. The van der Waals surface area contributed by atoms with Crippen molar-refractivity contribution >= 4 is 33.3 Å². The number of thioether (sulfide) groups is 1. The number of fused-ring (bicyclic) bond motifs is 3. The number of nitrogens with zero attached hydrogens (tertiary/aromatic N) is 2. The first-order valence-corrected chi connectivity index (χ1v) is 12.4. The lowest BCUT2D eigenvalue weighted by Gasteiger charge is -2.30. The van der Waals surface area contributed by atoms with E-state index in [0.717, 1.165) is 52.9 Å². The first-order chi connectivity index (χ1) is 14.4. The highest BCUT2D eigenvalue weighted by Gasteiger charge is 2.31. The summed E-state index contributed by atoms with van der Waals surface area (Å²) in [5, 5.41) is 2.77. The van der Waals surface area contributed by atoms with Crippen molar-refractivity contribution in [1.82, 2.24) is 9.97 Å². The molecule has 0 unspecified atom stereocenters. The Bertz CT molecular complexity index is 1030. The zero-order chi connectivity index (χ0) is 21.3. The Kier molecular flexibility index (Phi) is 6.37. The average molecular weight is 443 g/mol. The number of hydrogen-bond donors (Lipinski definition) is 0. The molecule has 0 spiro atoms. The van der Waals surface area contributed by atoms with Crippen LogP contribution in [-0.4, -0.2) is 27.4 Å². The lowest BCUT2D eigenvalue weighted by atomic mass is 9.94. The van der Waals surface area contributed by atoms with Crippen LogP contribution >= 0.6 is 23.1 Å². The maximum atomic E-state index is 6.05. The molecule has 0 fully saturated rings. The van der Waals surface area contributed by atoms with Gasteiger partial charge in [-0.25, -0.2) is 9.97 Å². The van der Waals surface area contributed by atoms with Crippen LogP contribution in [0.5, 0.6) is 5.75 Å². The Labute approximate surface area is 187 Å². The zero-order valence-corrected chi connectivity index (χ0v) is 20.1. The van der Waals surface area contributed by atoms with Crippen molar-refractivity contribution in [3.8, 4) is 17.1 Å². The van der Waals surface area contributed by atoms with Gasteiger partial charge in [-0.1, -0.05) is 27.2 Å². The molecule has 4 nitrogen and oxygen atoms in total. The van der Waals surface area contributed by atoms with Gasteiger partial charge in [-0.15, -0.1) is 23.1 Å². The number of thiophene rings is 1. The number of unbranched alkanes of at least 4 members (excludes halogenated alkanes) is 1. The van der Waals surface area contributed by atoms with E-state index in [1.54, 1.807) is 11.3 Å². The van der Waals surface area contributed by atoms with Crippen LogP contribution in [-0.2, 0) is 17.8 Å². The fourth-order valence-corrected chi connectivity index (χ4v) is 5.67. The van der Waals surface area contributed by atoms with Gasteiger partial charge in [0.2, 0.25) is 0 Å². The van der Waals surface area contributed by atoms with E-state index >= 15 is 0 Å². The van der Waals surface area contributed by atoms with Crippen LogP contribution in [0.1, 0.15) is 57.9 Å². The molecule has 0 saturated carbocycles. The molecule has 0 bridgehead atoms. The van der Waals surface area contributed by atoms with Crippen LogP contribution in [0.25, 0.3) is 21.6 Å². The van der Waals surface area contributed by atoms with Gasteiger partial charge in [0.15, 0.2) is 5.82 Å². The van der Waals surface area contributed by atoms with E-state index < -0.39 is 0 Å². The van der Waals surface area contributed by atoms with Crippen LogP contribution in [0.3, 0.4) is 0 Å². The van der Waals surface area contributed by atoms with Crippen LogP contribution in [0.4, 0.5) is 0 Å². The summed E-state index contributed by atoms with van der Waals surface area (Å²) in [7, 11) is 0. The Morgan fingerprint density at radius 1 is 1.20 bits per heavy atom. The molecule has 0 amide bonds. The SMILES string of the molecule is CCCCOc1ccc(-c2nc(SC(C)C)c3c4c(sc3n2)COC(C)(C)C4)cc1. The van der Waals surface area contributed by atoms with E-state index in [0.29, 0.717) is 11.9 Å². The molecule has 30 heavy (non-hydrogen) atoms. The van der Waals surface area contributed by atoms with Crippen LogP contribution in [0.2, 0.25) is 0 Å². The molecule has 0 radical (unpaired) electrons. The van der Waals surface area contributed by atoms with E-state index in [1.807, 2.05) is 23.9 Å². The summed E-state index contributed by atoms with van der Waals surface area (Å²) in [6, 6.07) is 8.16. The van der Waals surface area contributed by atoms with Crippen molar-refractivity contribution in [3.05, 3.63) is 34.7 Å². The quantitative estimate of drug-likeness (QED) is 0.226. The Balaban J connectivity index is 1.73. The first-order valence-electron chi connectivity index (χ1n) is 10.7. The maximum absolute atomic E-state index is 6.05. The molecule has 0 atom stereocenters. The molecule has 3 aromatic rings. The van der Waals surface area contributed by atoms with Crippen molar-refractivity contribution in [3.63, 3.8) is 0 Å². The van der Waals surface area contributed by atoms with E-state index in [9.17, 15) is 0 Å². The number of rotatable bonds is 7. The summed E-state index contributed by atoms with van der Waals surface area (Å²) in [4.78, 5) is 12.4. The topological polar surface area (TPSA) is 44.2 Å². The standard InChI is InChI=1S/C24H30N2O2S2/c1-6-7-12-27-17-10-8-16(9-11-17)21-25-22(29-15(2)3)20-18-13-24(4,5)28-14-19(18)30-23(20)26-21/h8-11,15H,6-7,12-14H2,1-5H3. The highest BCUT2D eigenvalue weighted by atomic mass is 32.2. The van der Waals surface area contributed by atoms with Gasteiger partial charge >= 0.3 is 0 Å². The van der Waals surface area contributed by atoms with Crippen molar-refractivity contribution in [1.29, 1.82) is 0 Å². The molecule has 1 aliphatic rings. The fourth-order valence-electron chi connectivity index (χ4n) is 3.58. The molecule has 4 rings (SSSR count). The van der Waals surface area contributed by atoms with Gasteiger partial charge < -0.3 is 9.47 Å². The maximum Gasteiger partial charge on any atom is 0.162 e. The second-order valence-electron chi connectivity index (χ2n) is 8.65. The van der Waals surface area contributed by atoms with Gasteiger partial charge in [0.1, 0.15) is 15.6 Å². The number of ether oxygens (including phenoxy) is 2. The van der Waals surface area contributed by atoms with Crippen LogP contribution in [0, 0.1) is 0 Å². The third-order valence-electron chi connectivity index (χ3n) is 5.12. The second kappa shape index (κ2) is 8.85. The molecule has 2 aromatic heterocycles. The van der Waals surface area contributed by atoms with Crippen molar-refractivity contribution < 1.29 is 9.47 Å². The zero-order valence-electron chi connectivity index (χ0n) is 18.4. The monoisotopic (exact) mass is 442 g/mol. The minimum Gasteiger partial charge on any atom is -0.494 e. The molecular weight excluding hydrogens is 412 g/mol. The summed E-state index contributed by atoms with van der Waals surface area (Å²) in [5.74, 6) is 1.68. The smallest absolute Gasteiger partial charge is 0.162 e. The fraction of sp³-hybridized carbons (Fsp3) is 0.500. The minimum atomic E-state index is -0.146. The summed E-state index contributed by atoms with van der Waals surface area (Å²) in [6.45, 7) is 12.3. The molecule has 3 heterocycles. The minimum absolute atomic E-state index is 0.146. The summed E-state index contributed by atoms with van der Waals surface area (Å²) in [6.07, 6.45) is 3.11. The predicted octanol–water partition coefficient (Wildman–Crippen LogP) is 6.89. The van der Waals surface area contributed by atoms with E-state index in [4.69, 9.17) is 19.4 Å². The van der Waals surface area contributed by atoms with Crippen molar-refractivity contribution in [2.45, 2.75) is 76.4 Å². The number of aromatic nitrogens is 2. The molecule has 0 aliphatic carbocycles. The van der Waals surface area contributed by atoms with Gasteiger partial charge in [-0.2, -0.15) is 0 Å². The Morgan fingerprint density at radius 2 is 1.97 bits per heavy atom. The second-order valence-corrected chi connectivity index (χ2v) is 11.3.